The fourth-order valence-electron chi connectivity index (χ4n) is 5.59. The van der Waals surface area contributed by atoms with Gasteiger partial charge in [-0.15, -0.1) is 0 Å². The van der Waals surface area contributed by atoms with E-state index in [1.54, 1.807) is 13.2 Å². The third kappa shape index (κ3) is 6.88. The zero-order chi connectivity index (χ0) is 24.6. The largest absolute Gasteiger partial charge is 0.495 e. The maximum absolute atomic E-state index is 6.31. The average molecular weight is 502 g/mol. The van der Waals surface area contributed by atoms with E-state index in [-0.39, 0.29) is 5.95 Å². The van der Waals surface area contributed by atoms with Crippen LogP contribution in [-0.4, -0.2) is 47.2 Å². The summed E-state index contributed by atoms with van der Waals surface area (Å²) in [4.78, 5) is 16.2. The van der Waals surface area contributed by atoms with E-state index in [1.165, 1.54) is 51.4 Å². The number of rotatable bonds is 10. The molecule has 9 heteroatoms. The van der Waals surface area contributed by atoms with Crippen molar-refractivity contribution in [2.24, 2.45) is 5.92 Å². The van der Waals surface area contributed by atoms with Crippen molar-refractivity contribution < 1.29 is 4.74 Å². The molecular formula is C26H40ClN7O. The number of ether oxygens (including phenoxy) is 1. The second kappa shape index (κ2) is 12.6. The monoisotopic (exact) mass is 501 g/mol. The van der Waals surface area contributed by atoms with Gasteiger partial charge in [0, 0.05) is 24.3 Å². The van der Waals surface area contributed by atoms with Crippen LogP contribution in [0.3, 0.4) is 0 Å². The van der Waals surface area contributed by atoms with E-state index in [0.717, 1.165) is 37.5 Å². The summed E-state index contributed by atoms with van der Waals surface area (Å²) in [5.74, 6) is 2.67. The van der Waals surface area contributed by atoms with Gasteiger partial charge in [-0.05, 0) is 56.3 Å². The van der Waals surface area contributed by atoms with E-state index in [9.17, 15) is 0 Å². The van der Waals surface area contributed by atoms with Crippen molar-refractivity contribution in [3.63, 3.8) is 0 Å². The summed E-state index contributed by atoms with van der Waals surface area (Å²) in [7, 11) is 1.60. The van der Waals surface area contributed by atoms with Gasteiger partial charge in [-0.25, -0.2) is 0 Å². The smallest absolute Gasteiger partial charge is 0.233 e. The van der Waals surface area contributed by atoms with Gasteiger partial charge in [-0.3, -0.25) is 0 Å². The summed E-state index contributed by atoms with van der Waals surface area (Å²) in [6.07, 6.45) is 12.7. The van der Waals surface area contributed by atoms with Crippen molar-refractivity contribution in [1.29, 1.82) is 0 Å². The third-order valence-corrected chi connectivity index (χ3v) is 7.74. The average Bonchev–Trinajstić information content (AvgIpc) is 3.24. The predicted octanol–water partition coefficient (Wildman–Crippen LogP) is 5.56. The Labute approximate surface area is 214 Å². The quantitative estimate of drug-likeness (QED) is 0.364. The highest BCUT2D eigenvalue weighted by Crippen LogP contribution is 2.30. The maximum atomic E-state index is 6.31. The van der Waals surface area contributed by atoms with Gasteiger partial charge in [0.15, 0.2) is 0 Å². The predicted molar refractivity (Wildman–Crippen MR) is 144 cm³/mol. The number of hydrogen-bond donors (Lipinski definition) is 3. The van der Waals surface area contributed by atoms with Crippen LogP contribution in [0.15, 0.2) is 18.2 Å². The Hall–Kier alpha value is -2.32. The second-order valence-corrected chi connectivity index (χ2v) is 10.2. The number of nitrogen functional groups attached to an aromatic ring is 1. The van der Waals surface area contributed by atoms with Gasteiger partial charge in [0.1, 0.15) is 5.75 Å². The molecule has 1 aromatic carbocycles. The molecule has 35 heavy (non-hydrogen) atoms. The number of nitrogens with two attached hydrogens (primary N) is 1. The Morgan fingerprint density at radius 1 is 1.14 bits per heavy atom. The lowest BCUT2D eigenvalue weighted by atomic mass is 9.95. The molecule has 8 nitrogen and oxygen atoms in total. The summed E-state index contributed by atoms with van der Waals surface area (Å²) in [5, 5.41) is 7.47. The maximum Gasteiger partial charge on any atom is 0.233 e. The number of aromatic nitrogens is 3. The van der Waals surface area contributed by atoms with Crippen molar-refractivity contribution >= 4 is 35.1 Å². The van der Waals surface area contributed by atoms with E-state index >= 15 is 0 Å². The molecule has 2 unspecified atom stereocenters. The van der Waals surface area contributed by atoms with E-state index in [0.29, 0.717) is 34.8 Å². The molecule has 0 radical (unpaired) electrons. The number of hydrogen-bond acceptors (Lipinski definition) is 8. The van der Waals surface area contributed by atoms with Crippen molar-refractivity contribution in [1.82, 2.24) is 20.3 Å². The van der Waals surface area contributed by atoms with Gasteiger partial charge in [0.2, 0.25) is 17.8 Å². The highest BCUT2D eigenvalue weighted by Gasteiger charge is 2.31. The van der Waals surface area contributed by atoms with Crippen molar-refractivity contribution in [2.45, 2.75) is 83.2 Å². The molecule has 1 saturated heterocycles. The standard InChI is InChI=1S/C26H40ClN7O/c1-3-22(21-11-8-15-29-21)34(16-14-18-9-6-4-5-7-10-18)26-32-24(28)31-25(33-26)30-19-12-13-23(35-2)20(27)17-19/h12-13,17-18,21-22,29H,3-11,14-16H2,1-2H3,(H3,28,30,31,32,33). The topological polar surface area (TPSA) is 101 Å². The Morgan fingerprint density at radius 3 is 2.60 bits per heavy atom. The van der Waals surface area contributed by atoms with Gasteiger partial charge >= 0.3 is 0 Å². The lowest BCUT2D eigenvalue weighted by Crippen LogP contribution is -2.49. The molecule has 1 saturated carbocycles. The molecule has 2 fully saturated rings. The summed E-state index contributed by atoms with van der Waals surface area (Å²) >= 11 is 6.31. The molecule has 0 amide bonds. The molecular weight excluding hydrogens is 462 g/mol. The van der Waals surface area contributed by atoms with Crippen LogP contribution in [0.5, 0.6) is 5.75 Å². The Balaban J connectivity index is 1.58. The molecule has 0 bridgehead atoms. The fourth-order valence-corrected chi connectivity index (χ4v) is 5.85. The molecule has 4 N–H and O–H groups in total. The van der Waals surface area contributed by atoms with Crippen LogP contribution in [0.2, 0.25) is 5.02 Å². The first-order valence-corrected chi connectivity index (χ1v) is 13.6. The van der Waals surface area contributed by atoms with Crippen LogP contribution in [0.4, 0.5) is 23.5 Å². The van der Waals surface area contributed by atoms with Crippen LogP contribution < -0.4 is 26.0 Å². The zero-order valence-electron chi connectivity index (χ0n) is 21.1. The lowest BCUT2D eigenvalue weighted by Gasteiger charge is -2.36. The summed E-state index contributed by atoms with van der Waals surface area (Å²) < 4.78 is 5.26. The van der Waals surface area contributed by atoms with Gasteiger partial charge in [-0.2, -0.15) is 15.0 Å². The highest BCUT2D eigenvalue weighted by atomic mass is 35.5. The molecule has 2 heterocycles. The van der Waals surface area contributed by atoms with Gasteiger partial charge in [0.25, 0.3) is 0 Å². The first-order valence-electron chi connectivity index (χ1n) is 13.2. The lowest BCUT2D eigenvalue weighted by molar-refractivity contribution is 0.388. The SMILES string of the molecule is CCC(C1CCCN1)N(CCC1CCCCCC1)c1nc(N)nc(Nc2ccc(OC)c(Cl)c2)n1. The molecule has 1 aliphatic heterocycles. The van der Waals surface area contributed by atoms with Gasteiger partial charge in [-0.1, -0.05) is 57.0 Å². The number of nitrogens with one attached hydrogen (secondary N) is 2. The van der Waals surface area contributed by atoms with E-state index in [2.05, 4.69) is 32.4 Å². The van der Waals surface area contributed by atoms with E-state index < -0.39 is 0 Å². The number of anilines is 4. The van der Waals surface area contributed by atoms with Crippen LogP contribution in [0, 0.1) is 5.92 Å². The first-order chi connectivity index (χ1) is 17.1. The molecule has 2 aliphatic rings. The van der Waals surface area contributed by atoms with Crippen LogP contribution in [0.1, 0.15) is 71.1 Å². The fraction of sp³-hybridized carbons (Fsp3) is 0.654. The van der Waals surface area contributed by atoms with E-state index in [4.69, 9.17) is 27.1 Å². The third-order valence-electron chi connectivity index (χ3n) is 7.44. The van der Waals surface area contributed by atoms with Crippen molar-refractivity contribution in [3.8, 4) is 5.75 Å². The Kier molecular flexibility index (Phi) is 9.26. The molecule has 1 aliphatic carbocycles. The Morgan fingerprint density at radius 2 is 1.94 bits per heavy atom. The molecule has 192 valence electrons. The minimum absolute atomic E-state index is 0.214. The Bertz CT molecular complexity index is 945. The van der Waals surface area contributed by atoms with Crippen molar-refractivity contribution in [2.75, 3.05) is 36.1 Å². The van der Waals surface area contributed by atoms with Crippen LogP contribution in [-0.2, 0) is 0 Å². The van der Waals surface area contributed by atoms with Gasteiger partial charge < -0.3 is 26.0 Å². The first kappa shape index (κ1) is 25.8. The molecule has 4 rings (SSSR count). The van der Waals surface area contributed by atoms with Crippen LogP contribution >= 0.6 is 11.6 Å². The number of methoxy groups -OCH3 is 1. The second-order valence-electron chi connectivity index (χ2n) is 9.81. The molecule has 0 spiro atoms. The summed E-state index contributed by atoms with van der Waals surface area (Å²) in [6, 6.07) is 6.23. The summed E-state index contributed by atoms with van der Waals surface area (Å²) in [5.41, 5.74) is 6.96. The van der Waals surface area contributed by atoms with Crippen LogP contribution in [0.25, 0.3) is 0 Å². The number of halogens is 1. The molecule has 2 aromatic rings. The number of benzene rings is 1. The van der Waals surface area contributed by atoms with Gasteiger partial charge in [0.05, 0.1) is 12.1 Å². The highest BCUT2D eigenvalue weighted by molar-refractivity contribution is 6.32. The zero-order valence-corrected chi connectivity index (χ0v) is 21.9. The number of nitrogens with zero attached hydrogens (tertiary/aromatic N) is 4. The normalized spacial score (nSPS) is 19.8. The minimum atomic E-state index is 0.214. The van der Waals surface area contributed by atoms with Crippen molar-refractivity contribution in [3.05, 3.63) is 23.2 Å². The minimum Gasteiger partial charge on any atom is -0.495 e. The molecule has 2 atom stereocenters. The summed E-state index contributed by atoms with van der Waals surface area (Å²) in [6.45, 7) is 4.26. The molecule has 1 aromatic heterocycles. The van der Waals surface area contributed by atoms with E-state index in [1.807, 2.05) is 12.1 Å².